The van der Waals surface area contributed by atoms with E-state index in [-0.39, 0.29) is 23.8 Å². The maximum atomic E-state index is 12.8. The minimum Gasteiger partial charge on any atom is -0.494 e. The highest BCUT2D eigenvalue weighted by molar-refractivity contribution is 5.92. The van der Waals surface area contributed by atoms with Gasteiger partial charge in [-0.15, -0.1) is 0 Å². The molecule has 1 unspecified atom stereocenters. The van der Waals surface area contributed by atoms with Crippen molar-refractivity contribution in [1.82, 2.24) is 0 Å². The number of carbonyl (C=O) groups excluding carboxylic acids is 4. The second-order valence-electron chi connectivity index (χ2n) is 11.7. The molecule has 0 aromatic heterocycles. The number of unbranched alkanes of at least 4 members (excludes halogenated alkanes) is 2. The van der Waals surface area contributed by atoms with Crippen LogP contribution in [0.1, 0.15) is 86.1 Å². The smallest absolute Gasteiger partial charge is 0.343 e. The molecule has 0 bridgehead atoms. The molecule has 0 aliphatic heterocycles. The number of hydrogen-bond acceptors (Lipinski definition) is 10. The lowest BCUT2D eigenvalue weighted by Crippen LogP contribution is -2.15. The van der Waals surface area contributed by atoms with Gasteiger partial charge < -0.3 is 28.4 Å². The summed E-state index contributed by atoms with van der Waals surface area (Å²) >= 11 is 0. The van der Waals surface area contributed by atoms with Gasteiger partial charge in [-0.25, -0.2) is 9.59 Å². The van der Waals surface area contributed by atoms with Crippen LogP contribution in [0, 0.1) is 18.8 Å². The van der Waals surface area contributed by atoms with Crippen molar-refractivity contribution >= 4 is 23.9 Å². The maximum absolute atomic E-state index is 12.8. The summed E-state index contributed by atoms with van der Waals surface area (Å²) in [6, 6.07) is 18.0. The van der Waals surface area contributed by atoms with Crippen LogP contribution in [0.2, 0.25) is 0 Å². The number of carbonyl (C=O) groups is 4. The Balaban J connectivity index is 1.39. The summed E-state index contributed by atoms with van der Waals surface area (Å²) in [5, 5.41) is 0. The zero-order chi connectivity index (χ0) is 34.9. The maximum Gasteiger partial charge on any atom is 0.343 e. The molecule has 3 aromatic rings. The van der Waals surface area contributed by atoms with Gasteiger partial charge in [-0.2, -0.15) is 0 Å². The molecule has 48 heavy (non-hydrogen) atoms. The summed E-state index contributed by atoms with van der Waals surface area (Å²) in [6.45, 7) is 10.8. The summed E-state index contributed by atoms with van der Waals surface area (Å²) in [5.41, 5.74) is 1.33. The minimum absolute atomic E-state index is 0.0880. The van der Waals surface area contributed by atoms with Gasteiger partial charge in [0.25, 0.3) is 0 Å². The largest absolute Gasteiger partial charge is 0.494 e. The molecule has 0 aliphatic carbocycles. The fraction of sp³-hybridized carbons (Fsp3) is 0.421. The molecule has 0 fully saturated rings. The first-order chi connectivity index (χ1) is 23.1. The molecule has 10 nitrogen and oxygen atoms in total. The Kier molecular flexibility index (Phi) is 15.4. The standard InChI is InChI=1S/C38H46O10/c1-6-27(4)36(40)46-24-10-8-22-44-32-17-13-30(14-18-32)38(42)48-34-20-19-33(25-28(34)5)47-37(41)29-11-15-31(16-12-29)43-21-7-9-23-45-35(39)26(2)3/h11-20,25-27H,6-10,21-24H2,1-5H3. The van der Waals surface area contributed by atoms with E-state index in [9.17, 15) is 19.2 Å². The van der Waals surface area contributed by atoms with Gasteiger partial charge in [0, 0.05) is 0 Å². The molecule has 0 N–H and O–H groups in total. The molecule has 0 heterocycles. The minimum atomic E-state index is -0.537. The van der Waals surface area contributed by atoms with E-state index in [0.29, 0.717) is 79.0 Å². The number of rotatable bonds is 19. The number of hydrogen-bond donors (Lipinski definition) is 0. The Labute approximate surface area is 282 Å². The van der Waals surface area contributed by atoms with Crippen LogP contribution in [-0.2, 0) is 19.1 Å². The molecule has 3 rings (SSSR count). The van der Waals surface area contributed by atoms with Gasteiger partial charge in [-0.3, -0.25) is 9.59 Å². The zero-order valence-corrected chi connectivity index (χ0v) is 28.5. The average molecular weight is 663 g/mol. The molecule has 0 aliphatic rings. The third-order valence-electron chi connectivity index (χ3n) is 7.33. The Morgan fingerprint density at radius 3 is 1.52 bits per heavy atom. The zero-order valence-electron chi connectivity index (χ0n) is 28.5. The molecular weight excluding hydrogens is 616 g/mol. The topological polar surface area (TPSA) is 124 Å². The molecule has 0 amide bonds. The summed E-state index contributed by atoms with van der Waals surface area (Å²) in [6.07, 6.45) is 3.61. The Hall–Kier alpha value is -4.86. The lowest BCUT2D eigenvalue weighted by Gasteiger charge is -2.11. The lowest BCUT2D eigenvalue weighted by molar-refractivity contribution is -0.148. The first-order valence-corrected chi connectivity index (χ1v) is 16.4. The summed E-state index contributed by atoms with van der Waals surface area (Å²) < 4.78 is 32.9. The summed E-state index contributed by atoms with van der Waals surface area (Å²) in [5.74, 6) is 0.206. The number of esters is 4. The average Bonchev–Trinajstić information content (AvgIpc) is 3.08. The lowest BCUT2D eigenvalue weighted by atomic mass is 10.1. The van der Waals surface area contributed by atoms with Crippen LogP contribution < -0.4 is 18.9 Å². The third kappa shape index (κ3) is 12.7. The predicted molar refractivity (Wildman–Crippen MR) is 180 cm³/mol. The molecule has 3 aromatic carbocycles. The Morgan fingerprint density at radius 1 is 0.583 bits per heavy atom. The van der Waals surface area contributed by atoms with Gasteiger partial charge in [0.15, 0.2) is 0 Å². The normalized spacial score (nSPS) is 11.4. The van der Waals surface area contributed by atoms with Crippen molar-refractivity contribution in [3.8, 4) is 23.0 Å². The van der Waals surface area contributed by atoms with Crippen LogP contribution in [0.4, 0.5) is 0 Å². The van der Waals surface area contributed by atoms with Gasteiger partial charge >= 0.3 is 23.9 Å². The molecule has 0 saturated heterocycles. The number of benzene rings is 3. The molecule has 0 radical (unpaired) electrons. The molecule has 258 valence electrons. The van der Waals surface area contributed by atoms with Gasteiger partial charge in [0.2, 0.25) is 0 Å². The van der Waals surface area contributed by atoms with Gasteiger partial charge in [0.1, 0.15) is 23.0 Å². The fourth-order valence-electron chi connectivity index (χ4n) is 4.11. The highest BCUT2D eigenvalue weighted by Gasteiger charge is 2.15. The fourth-order valence-corrected chi connectivity index (χ4v) is 4.11. The van der Waals surface area contributed by atoms with Crippen LogP contribution in [0.25, 0.3) is 0 Å². The predicted octanol–water partition coefficient (Wildman–Crippen LogP) is 7.54. The quantitative estimate of drug-likeness (QED) is 0.0722. The van der Waals surface area contributed by atoms with E-state index in [0.717, 1.165) is 19.3 Å². The van der Waals surface area contributed by atoms with Gasteiger partial charge in [-0.05, 0) is 111 Å². The van der Waals surface area contributed by atoms with E-state index in [1.807, 2.05) is 13.8 Å². The summed E-state index contributed by atoms with van der Waals surface area (Å²) in [4.78, 5) is 48.6. The molecule has 1 atom stereocenters. The van der Waals surface area contributed by atoms with E-state index >= 15 is 0 Å². The Morgan fingerprint density at radius 2 is 1.04 bits per heavy atom. The first-order valence-electron chi connectivity index (χ1n) is 16.4. The van der Waals surface area contributed by atoms with E-state index in [2.05, 4.69) is 0 Å². The monoisotopic (exact) mass is 662 g/mol. The van der Waals surface area contributed by atoms with Crippen molar-refractivity contribution in [2.75, 3.05) is 26.4 Å². The summed E-state index contributed by atoms with van der Waals surface area (Å²) in [7, 11) is 0. The molecule has 0 saturated carbocycles. The van der Waals surface area contributed by atoms with Crippen LogP contribution in [-0.4, -0.2) is 50.3 Å². The van der Waals surface area contributed by atoms with Crippen LogP contribution >= 0.6 is 0 Å². The number of aryl methyl sites for hydroxylation is 1. The van der Waals surface area contributed by atoms with Crippen molar-refractivity contribution < 1.29 is 47.6 Å². The first kappa shape index (κ1) is 37.6. The van der Waals surface area contributed by atoms with E-state index in [1.165, 1.54) is 0 Å². The SMILES string of the molecule is CCC(C)C(=O)OCCCCOc1ccc(C(=O)Oc2ccc(OC(=O)c3ccc(OCCCCOC(=O)C(C)C)cc3)cc2C)cc1. The number of ether oxygens (including phenoxy) is 6. The van der Waals surface area contributed by atoms with Crippen LogP contribution in [0.5, 0.6) is 23.0 Å². The molecule has 0 spiro atoms. The molecular formula is C38H46O10. The van der Waals surface area contributed by atoms with Crippen molar-refractivity contribution in [2.45, 2.75) is 66.7 Å². The van der Waals surface area contributed by atoms with Crippen LogP contribution in [0.3, 0.4) is 0 Å². The van der Waals surface area contributed by atoms with E-state index < -0.39 is 11.9 Å². The van der Waals surface area contributed by atoms with Gasteiger partial charge in [-0.1, -0.05) is 27.7 Å². The van der Waals surface area contributed by atoms with E-state index in [1.54, 1.807) is 87.5 Å². The van der Waals surface area contributed by atoms with Crippen molar-refractivity contribution in [1.29, 1.82) is 0 Å². The van der Waals surface area contributed by atoms with Crippen molar-refractivity contribution in [3.05, 3.63) is 83.4 Å². The second kappa shape index (κ2) is 19.7. The highest BCUT2D eigenvalue weighted by Crippen LogP contribution is 2.26. The van der Waals surface area contributed by atoms with Crippen molar-refractivity contribution in [2.24, 2.45) is 11.8 Å². The van der Waals surface area contributed by atoms with Crippen LogP contribution in [0.15, 0.2) is 66.7 Å². The third-order valence-corrected chi connectivity index (χ3v) is 7.33. The van der Waals surface area contributed by atoms with Crippen molar-refractivity contribution in [3.63, 3.8) is 0 Å². The Bertz CT molecular complexity index is 1480. The van der Waals surface area contributed by atoms with Gasteiger partial charge in [0.05, 0.1) is 49.4 Å². The second-order valence-corrected chi connectivity index (χ2v) is 11.7. The highest BCUT2D eigenvalue weighted by atomic mass is 16.5. The van der Waals surface area contributed by atoms with E-state index in [4.69, 9.17) is 28.4 Å². The molecule has 10 heteroatoms.